The van der Waals surface area contributed by atoms with Crippen LogP contribution in [0.4, 0.5) is 0 Å². The fraction of sp³-hybridized carbons (Fsp3) is 0.600. The van der Waals surface area contributed by atoms with Crippen molar-refractivity contribution in [2.75, 3.05) is 11.5 Å². The molecule has 0 saturated heterocycles. The third-order valence-electron chi connectivity index (χ3n) is 9.07. The lowest BCUT2D eigenvalue weighted by Crippen LogP contribution is -1.93. The zero-order chi connectivity index (χ0) is 29.2. The van der Waals surface area contributed by atoms with E-state index in [1.165, 1.54) is 172 Å². The molecule has 0 radical (unpaired) electrons. The van der Waals surface area contributed by atoms with Crippen LogP contribution in [0, 0.1) is 0 Å². The van der Waals surface area contributed by atoms with Gasteiger partial charge in [0.2, 0.25) is 0 Å². The van der Waals surface area contributed by atoms with Gasteiger partial charge in [0, 0.05) is 9.79 Å². The minimum atomic E-state index is 1.24. The maximum Gasteiger partial charge on any atom is 0.0293 e. The first kappa shape index (κ1) is 33.5. The molecule has 0 atom stereocenters. The van der Waals surface area contributed by atoms with Crippen molar-refractivity contribution < 1.29 is 0 Å². The molecule has 0 bridgehead atoms. The average Bonchev–Trinajstić information content (AvgIpc) is 3.02. The van der Waals surface area contributed by atoms with Crippen LogP contribution < -0.4 is 0 Å². The van der Waals surface area contributed by atoms with Crippen molar-refractivity contribution in [1.29, 1.82) is 0 Å². The highest BCUT2D eigenvalue weighted by Gasteiger charge is 2.18. The van der Waals surface area contributed by atoms with Crippen LogP contribution in [0.2, 0.25) is 0 Å². The Morgan fingerprint density at radius 1 is 0.381 bits per heavy atom. The van der Waals surface area contributed by atoms with E-state index in [1.807, 2.05) is 0 Å². The van der Waals surface area contributed by atoms with Crippen LogP contribution in [0.15, 0.2) is 58.3 Å². The summed E-state index contributed by atoms with van der Waals surface area (Å²) in [4.78, 5) is 3.11. The van der Waals surface area contributed by atoms with E-state index >= 15 is 0 Å². The van der Waals surface area contributed by atoms with Crippen LogP contribution in [0.3, 0.4) is 0 Å². The number of hydrogen-bond acceptors (Lipinski definition) is 2. The van der Waals surface area contributed by atoms with E-state index in [-0.39, 0.29) is 0 Å². The summed E-state index contributed by atoms with van der Waals surface area (Å²) in [5.41, 5.74) is 0. The molecule has 230 valence electrons. The normalized spacial score (nSPS) is 12.0. The molecule has 0 nitrogen and oxygen atoms in total. The molecular weight excluding hydrogens is 545 g/mol. The lowest BCUT2D eigenvalue weighted by molar-refractivity contribution is 0.563. The molecule has 42 heavy (non-hydrogen) atoms. The Hall–Kier alpha value is -1.38. The quantitative estimate of drug-likeness (QED) is 0.0444. The zero-order valence-corrected chi connectivity index (χ0v) is 28.6. The van der Waals surface area contributed by atoms with Crippen LogP contribution in [0.5, 0.6) is 0 Å². The number of unbranched alkanes of at least 4 members (excludes halogenated alkanes) is 18. The molecule has 0 amide bonds. The van der Waals surface area contributed by atoms with Gasteiger partial charge in [-0.05, 0) is 56.7 Å². The van der Waals surface area contributed by atoms with Crippen LogP contribution in [0.25, 0.3) is 32.3 Å². The second-order valence-electron chi connectivity index (χ2n) is 12.6. The number of rotatable bonds is 24. The Labute approximate surface area is 266 Å². The Kier molecular flexibility index (Phi) is 15.8. The molecule has 0 fully saturated rings. The van der Waals surface area contributed by atoms with Crippen molar-refractivity contribution in [2.24, 2.45) is 0 Å². The zero-order valence-electron chi connectivity index (χ0n) is 27.0. The van der Waals surface area contributed by atoms with E-state index in [0.29, 0.717) is 0 Å². The first-order valence-electron chi connectivity index (χ1n) is 17.8. The van der Waals surface area contributed by atoms with E-state index in [4.69, 9.17) is 0 Å². The third kappa shape index (κ3) is 10.1. The van der Waals surface area contributed by atoms with Crippen molar-refractivity contribution in [1.82, 2.24) is 0 Å². The van der Waals surface area contributed by atoms with E-state index in [0.717, 1.165) is 0 Å². The SMILES string of the molecule is CCCCCCCCCCCCSc1c(SCCCCCCCCCCCC)c2cccc3ccc4cccc1c4c32. The van der Waals surface area contributed by atoms with Crippen molar-refractivity contribution in [3.05, 3.63) is 48.5 Å². The van der Waals surface area contributed by atoms with Gasteiger partial charge in [-0.2, -0.15) is 0 Å². The van der Waals surface area contributed by atoms with Gasteiger partial charge in [-0.15, -0.1) is 23.5 Å². The molecule has 0 aromatic heterocycles. The first-order valence-corrected chi connectivity index (χ1v) is 19.8. The molecule has 0 N–H and O–H groups in total. The molecule has 0 saturated carbocycles. The summed E-state index contributed by atoms with van der Waals surface area (Å²) in [6.07, 6.45) is 28.1. The summed E-state index contributed by atoms with van der Waals surface area (Å²) in [7, 11) is 0. The lowest BCUT2D eigenvalue weighted by atomic mass is 9.94. The largest absolute Gasteiger partial charge is 0.124 e. The summed E-state index contributed by atoms with van der Waals surface area (Å²) in [5, 5.41) is 8.73. The highest BCUT2D eigenvalue weighted by atomic mass is 32.2. The summed E-state index contributed by atoms with van der Waals surface area (Å²) < 4.78 is 0. The van der Waals surface area contributed by atoms with Gasteiger partial charge in [0.15, 0.2) is 0 Å². The molecule has 4 rings (SSSR count). The summed E-state index contributed by atoms with van der Waals surface area (Å²) >= 11 is 4.29. The predicted molar refractivity (Wildman–Crippen MR) is 195 cm³/mol. The highest BCUT2D eigenvalue weighted by molar-refractivity contribution is 8.02. The first-order chi connectivity index (χ1) is 20.8. The second kappa shape index (κ2) is 19.8. The number of hydrogen-bond donors (Lipinski definition) is 0. The highest BCUT2D eigenvalue weighted by Crippen LogP contribution is 2.47. The topological polar surface area (TPSA) is 0 Å². The third-order valence-corrected chi connectivity index (χ3v) is 11.6. The Bertz CT molecular complexity index is 1180. The van der Waals surface area contributed by atoms with Gasteiger partial charge in [0.05, 0.1) is 0 Å². The maximum absolute atomic E-state index is 2.40. The molecule has 4 aromatic carbocycles. The van der Waals surface area contributed by atoms with E-state index < -0.39 is 0 Å². The van der Waals surface area contributed by atoms with Crippen LogP contribution in [-0.4, -0.2) is 11.5 Å². The summed E-state index contributed by atoms with van der Waals surface area (Å²) in [5.74, 6) is 2.48. The maximum atomic E-state index is 2.40. The molecule has 2 heteroatoms. The van der Waals surface area contributed by atoms with Gasteiger partial charge < -0.3 is 0 Å². The number of benzene rings is 4. The smallest absolute Gasteiger partial charge is 0.0293 e. The fourth-order valence-electron chi connectivity index (χ4n) is 6.59. The van der Waals surface area contributed by atoms with Gasteiger partial charge in [-0.3, -0.25) is 0 Å². The summed E-state index contributed by atoms with van der Waals surface area (Å²) in [6.45, 7) is 4.61. The van der Waals surface area contributed by atoms with Gasteiger partial charge >= 0.3 is 0 Å². The standard InChI is InChI=1S/C40H58S2/c1-3-5-7-9-11-13-15-17-19-21-31-41-39-35-27-23-25-33-29-30-34-26-24-28-36(38(34)37(33)35)40(39)42-32-22-20-18-16-14-12-10-8-6-4-2/h23-30H,3-22,31-32H2,1-2H3. The minimum Gasteiger partial charge on any atom is -0.124 e. The van der Waals surface area contributed by atoms with Crippen molar-refractivity contribution in [3.8, 4) is 0 Å². The van der Waals surface area contributed by atoms with Gasteiger partial charge in [-0.25, -0.2) is 0 Å². The van der Waals surface area contributed by atoms with Crippen molar-refractivity contribution in [3.63, 3.8) is 0 Å². The van der Waals surface area contributed by atoms with Gasteiger partial charge in [0.1, 0.15) is 0 Å². The van der Waals surface area contributed by atoms with Crippen LogP contribution in [0.1, 0.15) is 142 Å². The Morgan fingerprint density at radius 3 is 1.07 bits per heavy atom. The van der Waals surface area contributed by atoms with Crippen molar-refractivity contribution in [2.45, 2.75) is 152 Å². The van der Waals surface area contributed by atoms with Crippen LogP contribution >= 0.6 is 23.5 Å². The van der Waals surface area contributed by atoms with Gasteiger partial charge in [-0.1, -0.05) is 178 Å². The Morgan fingerprint density at radius 2 is 0.714 bits per heavy atom. The monoisotopic (exact) mass is 602 g/mol. The Balaban J connectivity index is 1.34. The molecule has 0 aliphatic carbocycles. The molecule has 0 spiro atoms. The van der Waals surface area contributed by atoms with Crippen molar-refractivity contribution >= 4 is 55.8 Å². The van der Waals surface area contributed by atoms with Crippen LogP contribution in [-0.2, 0) is 0 Å². The second-order valence-corrected chi connectivity index (χ2v) is 14.8. The molecule has 4 aromatic rings. The van der Waals surface area contributed by atoms with Gasteiger partial charge in [0.25, 0.3) is 0 Å². The van der Waals surface area contributed by atoms with E-state index in [9.17, 15) is 0 Å². The molecule has 0 aliphatic rings. The van der Waals surface area contributed by atoms with E-state index in [1.54, 1.807) is 9.79 Å². The lowest BCUT2D eigenvalue weighted by Gasteiger charge is -2.19. The van der Waals surface area contributed by atoms with E-state index in [2.05, 4.69) is 85.9 Å². The number of thioether (sulfide) groups is 2. The molecular formula is C40H58S2. The minimum absolute atomic E-state index is 1.24. The fourth-order valence-corrected chi connectivity index (χ4v) is 9.18. The molecule has 0 aliphatic heterocycles. The summed E-state index contributed by atoms with van der Waals surface area (Å²) in [6, 6.07) is 18.6. The predicted octanol–water partition coefficient (Wildman–Crippen LogP) is 14.6. The molecule has 0 heterocycles. The molecule has 0 unspecified atom stereocenters. The average molecular weight is 603 g/mol.